The number of thiazole rings is 1. The minimum atomic E-state index is -0.410. The third kappa shape index (κ3) is 5.21. The monoisotopic (exact) mass is 359 g/mol. The van der Waals surface area contributed by atoms with E-state index < -0.39 is 6.67 Å². The summed E-state index contributed by atoms with van der Waals surface area (Å²) in [7, 11) is 0. The van der Waals surface area contributed by atoms with Gasteiger partial charge >= 0.3 is 0 Å². The normalized spacial score (nSPS) is 15.2. The van der Waals surface area contributed by atoms with E-state index in [4.69, 9.17) is 0 Å². The Bertz CT molecular complexity index is 744. The highest BCUT2D eigenvalue weighted by atomic mass is 32.1. The van der Waals surface area contributed by atoms with Crippen LogP contribution in [0.25, 0.3) is 6.08 Å². The lowest BCUT2D eigenvalue weighted by Crippen LogP contribution is -2.29. The molecule has 2 aromatic rings. The van der Waals surface area contributed by atoms with E-state index in [2.05, 4.69) is 21.3 Å². The maximum atomic E-state index is 12.6. The van der Waals surface area contributed by atoms with Gasteiger partial charge < -0.3 is 5.32 Å². The first kappa shape index (κ1) is 17.8. The van der Waals surface area contributed by atoms with Crippen LogP contribution in [0.3, 0.4) is 0 Å². The molecule has 0 spiro atoms. The second kappa shape index (κ2) is 8.36. The van der Waals surface area contributed by atoms with Gasteiger partial charge in [-0.3, -0.25) is 9.69 Å². The van der Waals surface area contributed by atoms with E-state index in [9.17, 15) is 9.18 Å². The van der Waals surface area contributed by atoms with Gasteiger partial charge in [0, 0.05) is 37.6 Å². The van der Waals surface area contributed by atoms with Crippen LogP contribution in [0, 0.1) is 0 Å². The van der Waals surface area contributed by atoms with E-state index in [1.165, 1.54) is 23.8 Å². The number of aromatic nitrogens is 1. The zero-order valence-electron chi connectivity index (χ0n) is 14.3. The Labute approximate surface area is 151 Å². The quantitative estimate of drug-likeness (QED) is 0.868. The maximum absolute atomic E-state index is 12.6. The number of piperidine rings is 1. The largest absolute Gasteiger partial charge is 0.302 e. The number of rotatable bonds is 5. The lowest BCUT2D eigenvalue weighted by Gasteiger charge is -2.27. The molecule has 1 aromatic carbocycles. The molecule has 0 atom stereocenters. The van der Waals surface area contributed by atoms with Crippen LogP contribution in [-0.2, 0) is 18.0 Å². The van der Waals surface area contributed by atoms with Crippen molar-refractivity contribution in [3.8, 4) is 0 Å². The molecule has 0 unspecified atom stereocenters. The molecule has 1 aliphatic rings. The number of hydrogen-bond donors (Lipinski definition) is 1. The SMILES string of the molecule is CC(=O)Nc1ncc(CN2CCC(=Cc3ccc(CF)cc3)CC2)s1. The van der Waals surface area contributed by atoms with Crippen LogP contribution in [0.2, 0.25) is 0 Å². The summed E-state index contributed by atoms with van der Waals surface area (Å²) in [5, 5.41) is 3.39. The Morgan fingerprint density at radius 2 is 2.04 bits per heavy atom. The van der Waals surface area contributed by atoms with Gasteiger partial charge in [-0.1, -0.05) is 35.9 Å². The molecular weight excluding hydrogens is 337 g/mol. The van der Waals surface area contributed by atoms with Gasteiger partial charge in [-0.05, 0) is 24.0 Å². The second-order valence-electron chi connectivity index (χ2n) is 6.27. The Hall–Kier alpha value is -2.05. The number of alkyl halides is 1. The average Bonchev–Trinajstić information content (AvgIpc) is 3.03. The number of hydrogen-bond acceptors (Lipinski definition) is 4. The van der Waals surface area contributed by atoms with Crippen LogP contribution in [-0.4, -0.2) is 28.9 Å². The van der Waals surface area contributed by atoms with E-state index in [0.29, 0.717) is 5.13 Å². The van der Waals surface area contributed by atoms with Gasteiger partial charge in [0.2, 0.25) is 5.91 Å². The highest BCUT2D eigenvalue weighted by Gasteiger charge is 2.15. The lowest BCUT2D eigenvalue weighted by atomic mass is 10.0. The summed E-state index contributed by atoms with van der Waals surface area (Å²) in [4.78, 5) is 18.9. The number of halogens is 1. The Morgan fingerprint density at radius 3 is 2.68 bits per heavy atom. The molecule has 0 aliphatic carbocycles. The number of benzene rings is 1. The first-order chi connectivity index (χ1) is 12.1. The molecule has 0 bridgehead atoms. The van der Waals surface area contributed by atoms with Gasteiger partial charge in [-0.15, -0.1) is 11.3 Å². The average molecular weight is 359 g/mol. The first-order valence-electron chi connectivity index (χ1n) is 8.41. The summed E-state index contributed by atoms with van der Waals surface area (Å²) in [5.41, 5.74) is 3.30. The van der Waals surface area contributed by atoms with Crippen molar-refractivity contribution in [1.29, 1.82) is 0 Å². The molecule has 1 aliphatic heterocycles. The number of nitrogens with one attached hydrogen (secondary N) is 1. The topological polar surface area (TPSA) is 45.2 Å². The Balaban J connectivity index is 1.51. The molecule has 1 aromatic heterocycles. The Kier molecular flexibility index (Phi) is 5.94. The highest BCUT2D eigenvalue weighted by Crippen LogP contribution is 2.24. The highest BCUT2D eigenvalue weighted by molar-refractivity contribution is 7.15. The van der Waals surface area contributed by atoms with E-state index in [1.807, 2.05) is 30.5 Å². The van der Waals surface area contributed by atoms with E-state index in [1.54, 1.807) is 0 Å². The fraction of sp³-hybridized carbons (Fsp3) is 0.368. The molecule has 0 radical (unpaired) electrons. The number of carbonyl (C=O) groups is 1. The number of nitrogens with zero attached hydrogens (tertiary/aromatic N) is 2. The predicted molar refractivity (Wildman–Crippen MR) is 100 cm³/mol. The third-order valence-corrected chi connectivity index (χ3v) is 5.12. The van der Waals surface area contributed by atoms with Gasteiger partial charge in [-0.2, -0.15) is 0 Å². The van der Waals surface area contributed by atoms with Crippen LogP contribution in [0.4, 0.5) is 9.52 Å². The number of carbonyl (C=O) groups excluding carboxylic acids is 1. The fourth-order valence-electron chi connectivity index (χ4n) is 2.89. The Morgan fingerprint density at radius 1 is 1.32 bits per heavy atom. The minimum Gasteiger partial charge on any atom is -0.302 e. The lowest BCUT2D eigenvalue weighted by molar-refractivity contribution is -0.114. The van der Waals surface area contributed by atoms with Crippen LogP contribution in [0.15, 0.2) is 36.0 Å². The molecule has 1 amide bonds. The van der Waals surface area contributed by atoms with Crippen LogP contribution < -0.4 is 5.32 Å². The van der Waals surface area contributed by atoms with Crippen molar-refractivity contribution in [2.24, 2.45) is 0 Å². The number of anilines is 1. The zero-order valence-corrected chi connectivity index (χ0v) is 15.1. The van der Waals surface area contributed by atoms with Crippen LogP contribution in [0.1, 0.15) is 35.8 Å². The summed E-state index contributed by atoms with van der Waals surface area (Å²) >= 11 is 1.53. The van der Waals surface area contributed by atoms with Crippen LogP contribution >= 0.6 is 11.3 Å². The van der Waals surface area contributed by atoms with Crippen molar-refractivity contribution in [3.05, 3.63) is 52.0 Å². The molecular formula is C19H22FN3OS. The molecule has 132 valence electrons. The summed E-state index contributed by atoms with van der Waals surface area (Å²) in [6, 6.07) is 7.65. The van der Waals surface area contributed by atoms with E-state index >= 15 is 0 Å². The standard InChI is InChI=1S/C19H22FN3OS/c1-14(24)22-19-21-12-18(25-19)13-23-8-6-16(7-9-23)10-15-2-4-17(11-20)5-3-15/h2-5,10,12H,6-9,11,13H2,1H3,(H,21,22,24). The molecule has 6 heteroatoms. The zero-order chi connectivity index (χ0) is 17.6. The van der Waals surface area contributed by atoms with Crippen molar-refractivity contribution < 1.29 is 9.18 Å². The summed E-state index contributed by atoms with van der Waals surface area (Å²) in [5.74, 6) is -0.0896. The molecule has 1 fully saturated rings. The summed E-state index contributed by atoms with van der Waals surface area (Å²) in [6.45, 7) is 3.98. The molecule has 25 heavy (non-hydrogen) atoms. The van der Waals surface area contributed by atoms with E-state index in [0.717, 1.165) is 48.5 Å². The van der Waals surface area contributed by atoms with Crippen molar-refractivity contribution >= 4 is 28.5 Å². The van der Waals surface area contributed by atoms with Crippen molar-refractivity contribution in [3.63, 3.8) is 0 Å². The van der Waals surface area contributed by atoms with Crippen LogP contribution in [0.5, 0.6) is 0 Å². The van der Waals surface area contributed by atoms with Crippen molar-refractivity contribution in [2.45, 2.75) is 33.0 Å². The fourth-order valence-corrected chi connectivity index (χ4v) is 3.79. The maximum Gasteiger partial charge on any atom is 0.223 e. The molecule has 3 rings (SSSR count). The predicted octanol–water partition coefficient (Wildman–Crippen LogP) is 4.25. The summed E-state index contributed by atoms with van der Waals surface area (Å²) in [6.07, 6.45) is 6.15. The molecule has 2 heterocycles. The molecule has 0 saturated carbocycles. The van der Waals surface area contributed by atoms with Gasteiger partial charge in [-0.25, -0.2) is 9.37 Å². The molecule has 1 saturated heterocycles. The van der Waals surface area contributed by atoms with Crippen molar-refractivity contribution in [1.82, 2.24) is 9.88 Å². The first-order valence-corrected chi connectivity index (χ1v) is 9.23. The molecule has 1 N–H and O–H groups in total. The van der Waals surface area contributed by atoms with Gasteiger partial charge in [0.05, 0.1) is 0 Å². The van der Waals surface area contributed by atoms with E-state index in [-0.39, 0.29) is 5.91 Å². The molecule has 4 nitrogen and oxygen atoms in total. The number of likely N-dealkylation sites (tertiary alicyclic amines) is 1. The number of amides is 1. The second-order valence-corrected chi connectivity index (χ2v) is 7.38. The summed E-state index contributed by atoms with van der Waals surface area (Å²) < 4.78 is 12.6. The van der Waals surface area contributed by atoms with Gasteiger partial charge in [0.15, 0.2) is 5.13 Å². The minimum absolute atomic E-state index is 0.0896. The van der Waals surface area contributed by atoms with Gasteiger partial charge in [0.1, 0.15) is 6.67 Å². The van der Waals surface area contributed by atoms with Gasteiger partial charge in [0.25, 0.3) is 0 Å². The third-order valence-electron chi connectivity index (χ3n) is 4.22. The van der Waals surface area contributed by atoms with Crippen molar-refractivity contribution in [2.75, 3.05) is 18.4 Å². The smallest absolute Gasteiger partial charge is 0.223 e.